The number of hydrogen-bond donors (Lipinski definition) is 0. The Labute approximate surface area is 101 Å². The molecule has 0 N–H and O–H groups in total. The number of rotatable bonds is 2. The van der Waals surface area contributed by atoms with Gasteiger partial charge in [0.15, 0.2) is 0 Å². The molecule has 0 saturated heterocycles. The van der Waals surface area contributed by atoms with Crippen LogP contribution in [0.3, 0.4) is 0 Å². The van der Waals surface area contributed by atoms with Gasteiger partial charge in [0.25, 0.3) is 0 Å². The Balaban J connectivity index is 0.00000121. The quantitative estimate of drug-likeness (QED) is 0.346. The summed E-state index contributed by atoms with van der Waals surface area (Å²) in [7, 11) is 0. The van der Waals surface area contributed by atoms with Crippen LogP contribution >= 0.6 is 11.6 Å². The maximum absolute atomic E-state index is 10.4. The van der Waals surface area contributed by atoms with Crippen LogP contribution in [0.5, 0.6) is 0 Å². The number of alkyl halides is 1. The molecule has 5 heteroatoms. The fraction of sp³-hybridized carbons (Fsp3) is 0.143. The van der Waals surface area contributed by atoms with Crippen molar-refractivity contribution in [3.05, 3.63) is 29.8 Å². The molecule has 1 rings (SSSR count). The van der Waals surface area contributed by atoms with Crippen LogP contribution in [0, 0.1) is 0 Å². The second-order valence-electron chi connectivity index (χ2n) is 2.01. The van der Waals surface area contributed by atoms with E-state index in [2.05, 4.69) is 0 Å². The van der Waals surface area contributed by atoms with Crippen LogP contribution in [0.1, 0.15) is 5.56 Å². The minimum absolute atomic E-state index is 0. The first-order chi connectivity index (χ1) is 5.24. The zero-order valence-electron chi connectivity index (χ0n) is 6.62. The van der Waals surface area contributed by atoms with Gasteiger partial charge < -0.3 is 4.55 Å². The van der Waals surface area contributed by atoms with Gasteiger partial charge in [-0.05, 0) is 28.8 Å². The van der Waals surface area contributed by atoms with E-state index >= 15 is 0 Å². The van der Waals surface area contributed by atoms with E-state index in [9.17, 15) is 8.76 Å². The molecule has 0 bridgehead atoms. The Bertz CT molecular complexity index is 263. The molecule has 0 fully saturated rings. The van der Waals surface area contributed by atoms with Crippen LogP contribution < -0.4 is 29.6 Å². The van der Waals surface area contributed by atoms with Crippen LogP contribution in [0.25, 0.3) is 0 Å². The van der Waals surface area contributed by atoms with E-state index in [1.807, 2.05) is 0 Å². The Morgan fingerprint density at radius 2 is 1.83 bits per heavy atom. The summed E-state index contributed by atoms with van der Waals surface area (Å²) in [4.78, 5) is 0.291. The second-order valence-corrected chi connectivity index (χ2v) is 3.22. The minimum Gasteiger partial charge on any atom is -0.768 e. The molecule has 0 aliphatic rings. The van der Waals surface area contributed by atoms with E-state index in [1.165, 1.54) is 12.1 Å². The summed E-state index contributed by atoms with van der Waals surface area (Å²) in [6.07, 6.45) is 0. The maximum Gasteiger partial charge on any atom is 1.00 e. The zero-order valence-corrected chi connectivity index (χ0v) is 10.2. The van der Waals surface area contributed by atoms with Crippen molar-refractivity contribution < 1.29 is 38.3 Å². The molecule has 1 aromatic carbocycles. The molecule has 12 heavy (non-hydrogen) atoms. The van der Waals surface area contributed by atoms with Crippen molar-refractivity contribution in [1.82, 2.24) is 0 Å². The van der Waals surface area contributed by atoms with Crippen molar-refractivity contribution in [1.29, 1.82) is 0 Å². The van der Waals surface area contributed by atoms with E-state index in [1.54, 1.807) is 12.1 Å². The van der Waals surface area contributed by atoms with Gasteiger partial charge >= 0.3 is 29.6 Å². The summed E-state index contributed by atoms with van der Waals surface area (Å²) in [5, 5.41) is 0. The molecule has 1 unspecified atom stereocenters. The molecule has 0 heterocycles. The predicted octanol–water partition coefficient (Wildman–Crippen LogP) is -1.33. The van der Waals surface area contributed by atoms with Crippen molar-refractivity contribution in [2.24, 2.45) is 0 Å². The average molecular weight is 213 g/mol. The fourth-order valence-corrected chi connectivity index (χ4v) is 1.23. The van der Waals surface area contributed by atoms with Gasteiger partial charge in [0.05, 0.1) is 0 Å². The zero-order chi connectivity index (χ0) is 8.27. The van der Waals surface area contributed by atoms with Crippen molar-refractivity contribution in [2.45, 2.75) is 10.8 Å². The SMILES string of the molecule is O=S([O-])c1ccc(CCl)cc1.[Na+]. The third kappa shape index (κ3) is 3.56. The topological polar surface area (TPSA) is 40.1 Å². The molecule has 1 atom stereocenters. The van der Waals surface area contributed by atoms with E-state index < -0.39 is 11.1 Å². The van der Waals surface area contributed by atoms with Crippen molar-refractivity contribution in [3.63, 3.8) is 0 Å². The normalized spacial score (nSPS) is 11.8. The van der Waals surface area contributed by atoms with E-state index in [4.69, 9.17) is 11.6 Å². The van der Waals surface area contributed by atoms with Gasteiger partial charge in [0.1, 0.15) is 0 Å². The van der Waals surface area contributed by atoms with E-state index in [0.717, 1.165) is 5.56 Å². The molecule has 0 saturated carbocycles. The standard InChI is InChI=1S/C7H7ClO2S.Na/c8-5-6-1-3-7(4-2-6)11(9)10;/h1-4H,5H2,(H,9,10);/q;+1/p-1. The first kappa shape index (κ1) is 12.6. The third-order valence-electron chi connectivity index (χ3n) is 1.27. The predicted molar refractivity (Wildman–Crippen MR) is 43.2 cm³/mol. The summed E-state index contributed by atoms with van der Waals surface area (Å²) in [6, 6.07) is 6.44. The Kier molecular flexibility index (Phi) is 6.45. The summed E-state index contributed by atoms with van der Waals surface area (Å²) in [5.41, 5.74) is 0.917. The molecular weight excluding hydrogens is 207 g/mol. The Morgan fingerprint density at radius 1 is 1.33 bits per heavy atom. The third-order valence-corrected chi connectivity index (χ3v) is 2.24. The van der Waals surface area contributed by atoms with E-state index in [-0.39, 0.29) is 29.6 Å². The molecule has 0 radical (unpaired) electrons. The molecule has 0 aliphatic heterocycles. The smallest absolute Gasteiger partial charge is 0.768 e. The molecule has 0 aromatic heterocycles. The summed E-state index contributed by atoms with van der Waals surface area (Å²) < 4.78 is 20.7. The van der Waals surface area contributed by atoms with Gasteiger partial charge in [0.2, 0.25) is 0 Å². The van der Waals surface area contributed by atoms with Crippen molar-refractivity contribution in [3.8, 4) is 0 Å². The number of hydrogen-bond acceptors (Lipinski definition) is 2. The summed E-state index contributed by atoms with van der Waals surface area (Å²) >= 11 is 3.37. The van der Waals surface area contributed by atoms with Crippen LogP contribution in [0.2, 0.25) is 0 Å². The molecule has 0 amide bonds. The largest absolute Gasteiger partial charge is 1.00 e. The van der Waals surface area contributed by atoms with Crippen LogP contribution in [0.4, 0.5) is 0 Å². The Hall–Kier alpha value is 0.620. The molecule has 1 aromatic rings. The van der Waals surface area contributed by atoms with Gasteiger partial charge in [-0.2, -0.15) is 0 Å². The second kappa shape index (κ2) is 6.13. The molecular formula is C7H6ClNaO2S. The van der Waals surface area contributed by atoms with Gasteiger partial charge in [-0.15, -0.1) is 11.6 Å². The fourth-order valence-electron chi connectivity index (χ4n) is 0.690. The maximum atomic E-state index is 10.4. The number of benzene rings is 1. The molecule has 0 spiro atoms. The van der Waals surface area contributed by atoms with Gasteiger partial charge in [-0.3, -0.25) is 4.21 Å². The van der Waals surface area contributed by atoms with Crippen LogP contribution in [-0.4, -0.2) is 8.76 Å². The molecule has 2 nitrogen and oxygen atoms in total. The number of halogens is 1. The molecule has 0 aliphatic carbocycles. The van der Waals surface area contributed by atoms with Gasteiger partial charge in [-0.1, -0.05) is 12.1 Å². The van der Waals surface area contributed by atoms with Crippen molar-refractivity contribution in [2.75, 3.05) is 0 Å². The monoisotopic (exact) mass is 212 g/mol. The molecule has 60 valence electrons. The van der Waals surface area contributed by atoms with Crippen LogP contribution in [0.15, 0.2) is 29.2 Å². The summed E-state index contributed by atoms with van der Waals surface area (Å²) in [5.74, 6) is 0.409. The first-order valence-electron chi connectivity index (χ1n) is 2.98. The van der Waals surface area contributed by atoms with Crippen molar-refractivity contribution >= 4 is 22.7 Å². The van der Waals surface area contributed by atoms with E-state index in [0.29, 0.717) is 10.8 Å². The average Bonchev–Trinajstić information content (AvgIpc) is 2.05. The summed E-state index contributed by atoms with van der Waals surface area (Å²) in [6.45, 7) is 0. The van der Waals surface area contributed by atoms with Crippen LogP contribution in [-0.2, 0) is 17.0 Å². The first-order valence-corrected chi connectivity index (χ1v) is 4.59. The van der Waals surface area contributed by atoms with Gasteiger partial charge in [0, 0.05) is 10.8 Å². The minimum atomic E-state index is -2.13. The Morgan fingerprint density at radius 3 is 2.17 bits per heavy atom. The van der Waals surface area contributed by atoms with Gasteiger partial charge in [-0.25, -0.2) is 0 Å².